The molecule has 2 N–H and O–H groups in total. The quantitative estimate of drug-likeness (QED) is 0.443. The highest BCUT2D eigenvalue weighted by molar-refractivity contribution is 14.1. The smallest absolute Gasteiger partial charge is 0.352 e. The molecule has 6 nitrogen and oxygen atoms in total. The van der Waals surface area contributed by atoms with Crippen molar-refractivity contribution in [2.45, 2.75) is 20.5 Å². The van der Waals surface area contributed by atoms with Crippen molar-refractivity contribution in [1.29, 1.82) is 0 Å². The Kier molecular flexibility index (Phi) is 7.66. The van der Waals surface area contributed by atoms with Crippen LogP contribution in [0.1, 0.15) is 25.0 Å². The summed E-state index contributed by atoms with van der Waals surface area (Å²) in [4.78, 5) is 22.4. The summed E-state index contributed by atoms with van der Waals surface area (Å²) in [6.45, 7) is 3.93. The summed E-state index contributed by atoms with van der Waals surface area (Å²) in [6.07, 6.45) is 1.37. The standard InChI is InChI=1S/C20H20INO5/c1-3-26-19-11-15(10-17(20(24)25)22-13(2)23)6-9-18(19)27-12-14-4-7-16(21)8-5-14/h4-11H,3,12H2,1-2H3,(H,22,23)(H,24,25). The number of hydrogen-bond donors (Lipinski definition) is 2. The van der Waals surface area contributed by atoms with Gasteiger partial charge in [-0.25, -0.2) is 4.79 Å². The summed E-state index contributed by atoms with van der Waals surface area (Å²) >= 11 is 2.24. The lowest BCUT2D eigenvalue weighted by atomic mass is 10.1. The number of aliphatic carboxylic acids is 1. The number of nitrogens with one attached hydrogen (secondary N) is 1. The van der Waals surface area contributed by atoms with Crippen molar-refractivity contribution in [3.63, 3.8) is 0 Å². The molecule has 0 fully saturated rings. The van der Waals surface area contributed by atoms with Crippen molar-refractivity contribution < 1.29 is 24.2 Å². The highest BCUT2D eigenvalue weighted by Crippen LogP contribution is 2.30. The van der Waals surface area contributed by atoms with Gasteiger partial charge in [0.15, 0.2) is 11.5 Å². The molecular formula is C20H20INO5. The van der Waals surface area contributed by atoms with Crippen LogP contribution >= 0.6 is 22.6 Å². The van der Waals surface area contributed by atoms with Crippen LogP contribution in [-0.4, -0.2) is 23.6 Å². The highest BCUT2D eigenvalue weighted by atomic mass is 127. The lowest BCUT2D eigenvalue weighted by molar-refractivity contribution is -0.134. The summed E-state index contributed by atoms with van der Waals surface area (Å²) in [6, 6.07) is 13.1. The molecule has 0 bridgehead atoms. The van der Waals surface area contributed by atoms with Crippen molar-refractivity contribution >= 4 is 40.5 Å². The average molecular weight is 481 g/mol. The summed E-state index contributed by atoms with van der Waals surface area (Å²) in [5.41, 5.74) is 1.39. The van der Waals surface area contributed by atoms with E-state index in [1.54, 1.807) is 18.2 Å². The number of rotatable bonds is 8. The van der Waals surface area contributed by atoms with E-state index in [-0.39, 0.29) is 5.70 Å². The maximum absolute atomic E-state index is 11.3. The predicted molar refractivity (Wildman–Crippen MR) is 111 cm³/mol. The van der Waals surface area contributed by atoms with Crippen molar-refractivity contribution in [2.75, 3.05) is 6.61 Å². The van der Waals surface area contributed by atoms with Crippen LogP contribution in [0.3, 0.4) is 0 Å². The molecule has 2 aromatic carbocycles. The van der Waals surface area contributed by atoms with Crippen molar-refractivity contribution in [3.8, 4) is 11.5 Å². The molecule has 0 aliphatic rings. The molecule has 2 rings (SSSR count). The van der Waals surface area contributed by atoms with Gasteiger partial charge < -0.3 is 19.9 Å². The van der Waals surface area contributed by atoms with E-state index < -0.39 is 11.9 Å². The second-order valence-electron chi connectivity index (χ2n) is 5.60. The molecule has 0 aliphatic heterocycles. The van der Waals surface area contributed by atoms with Crippen LogP contribution in [0.5, 0.6) is 11.5 Å². The topological polar surface area (TPSA) is 84.9 Å². The third kappa shape index (κ3) is 6.59. The SMILES string of the molecule is CCOc1cc(C=C(NC(C)=O)C(=O)O)ccc1OCc1ccc(I)cc1. The molecule has 0 spiro atoms. The Morgan fingerprint density at radius 3 is 2.41 bits per heavy atom. The van der Waals surface area contributed by atoms with E-state index in [1.165, 1.54) is 13.0 Å². The van der Waals surface area contributed by atoms with E-state index in [9.17, 15) is 14.7 Å². The lowest BCUT2D eigenvalue weighted by Crippen LogP contribution is -2.24. The van der Waals surface area contributed by atoms with Gasteiger partial charge in [0.25, 0.3) is 0 Å². The van der Waals surface area contributed by atoms with Gasteiger partial charge in [-0.2, -0.15) is 0 Å². The third-order valence-electron chi connectivity index (χ3n) is 3.43. The lowest BCUT2D eigenvalue weighted by Gasteiger charge is -2.13. The highest BCUT2D eigenvalue weighted by Gasteiger charge is 2.11. The van der Waals surface area contributed by atoms with Crippen molar-refractivity contribution in [2.24, 2.45) is 0 Å². The van der Waals surface area contributed by atoms with Crippen LogP contribution in [0.4, 0.5) is 0 Å². The first-order chi connectivity index (χ1) is 12.9. The predicted octanol–water partition coefficient (Wildman–Crippen LogP) is 3.83. The van der Waals surface area contributed by atoms with Gasteiger partial charge in [0.1, 0.15) is 12.3 Å². The maximum Gasteiger partial charge on any atom is 0.352 e. The fraction of sp³-hybridized carbons (Fsp3) is 0.200. The van der Waals surface area contributed by atoms with Gasteiger partial charge in [-0.15, -0.1) is 0 Å². The number of benzene rings is 2. The molecule has 27 heavy (non-hydrogen) atoms. The molecule has 0 aliphatic carbocycles. The van der Waals surface area contributed by atoms with Crippen LogP contribution < -0.4 is 14.8 Å². The van der Waals surface area contributed by atoms with Gasteiger partial charge in [-0.05, 0) is 71.0 Å². The fourth-order valence-corrected chi connectivity index (χ4v) is 2.61. The van der Waals surface area contributed by atoms with E-state index in [0.717, 1.165) is 9.13 Å². The summed E-state index contributed by atoms with van der Waals surface area (Å²) < 4.78 is 12.6. The summed E-state index contributed by atoms with van der Waals surface area (Å²) in [5, 5.41) is 11.5. The van der Waals surface area contributed by atoms with Crippen molar-refractivity contribution in [1.82, 2.24) is 5.32 Å². The monoisotopic (exact) mass is 481 g/mol. The molecule has 0 saturated carbocycles. The Balaban J connectivity index is 2.23. The Morgan fingerprint density at radius 2 is 1.81 bits per heavy atom. The number of halogens is 1. The van der Waals surface area contributed by atoms with Gasteiger partial charge >= 0.3 is 5.97 Å². The minimum Gasteiger partial charge on any atom is -0.490 e. The Bertz CT molecular complexity index is 846. The molecule has 0 aromatic heterocycles. The largest absolute Gasteiger partial charge is 0.490 e. The van der Waals surface area contributed by atoms with Crippen LogP contribution in [-0.2, 0) is 16.2 Å². The average Bonchev–Trinajstić information content (AvgIpc) is 2.61. The van der Waals surface area contributed by atoms with Crippen LogP contribution in [0.15, 0.2) is 48.2 Å². The second-order valence-corrected chi connectivity index (χ2v) is 6.84. The third-order valence-corrected chi connectivity index (χ3v) is 4.15. The number of carbonyl (C=O) groups is 2. The fourth-order valence-electron chi connectivity index (χ4n) is 2.25. The number of hydrogen-bond acceptors (Lipinski definition) is 4. The van der Waals surface area contributed by atoms with Crippen LogP contribution in [0, 0.1) is 3.57 Å². The van der Waals surface area contributed by atoms with Crippen LogP contribution in [0.2, 0.25) is 0 Å². The zero-order valence-electron chi connectivity index (χ0n) is 15.0. The molecule has 0 unspecified atom stereocenters. The van der Waals surface area contributed by atoms with Gasteiger partial charge in [-0.1, -0.05) is 18.2 Å². The maximum atomic E-state index is 11.3. The number of carbonyl (C=O) groups excluding carboxylic acids is 1. The summed E-state index contributed by atoms with van der Waals surface area (Å²) in [7, 11) is 0. The zero-order valence-corrected chi connectivity index (χ0v) is 17.1. The normalized spacial score (nSPS) is 11.0. The number of carboxylic acid groups (broad SMARTS) is 1. The second kappa shape index (κ2) is 9.96. The molecule has 7 heteroatoms. The van der Waals surface area contributed by atoms with Crippen molar-refractivity contribution in [3.05, 3.63) is 62.9 Å². The molecule has 0 atom stereocenters. The number of carboxylic acids is 1. The molecule has 142 valence electrons. The number of ether oxygens (including phenoxy) is 2. The number of amides is 1. The van der Waals surface area contributed by atoms with E-state index in [1.807, 2.05) is 31.2 Å². The van der Waals surface area contributed by atoms with Gasteiger partial charge in [-0.3, -0.25) is 4.79 Å². The first-order valence-corrected chi connectivity index (χ1v) is 9.33. The van der Waals surface area contributed by atoms with E-state index >= 15 is 0 Å². The Labute approximate surface area is 171 Å². The molecule has 1 amide bonds. The molecule has 0 heterocycles. The Morgan fingerprint density at radius 1 is 1.11 bits per heavy atom. The minimum absolute atomic E-state index is 0.211. The van der Waals surface area contributed by atoms with E-state index in [4.69, 9.17) is 9.47 Å². The molecule has 0 radical (unpaired) electrons. The summed E-state index contributed by atoms with van der Waals surface area (Å²) in [5.74, 6) is -0.610. The first kappa shape index (κ1) is 20.8. The van der Waals surface area contributed by atoms with E-state index in [2.05, 4.69) is 27.9 Å². The Hall–Kier alpha value is -2.55. The van der Waals surface area contributed by atoms with E-state index in [0.29, 0.717) is 30.3 Å². The molecular weight excluding hydrogens is 461 g/mol. The van der Waals surface area contributed by atoms with Crippen LogP contribution in [0.25, 0.3) is 6.08 Å². The molecule has 2 aromatic rings. The first-order valence-electron chi connectivity index (χ1n) is 8.25. The van der Waals surface area contributed by atoms with Gasteiger partial charge in [0, 0.05) is 10.5 Å². The van der Waals surface area contributed by atoms with Gasteiger partial charge in [0.2, 0.25) is 5.91 Å². The van der Waals surface area contributed by atoms with Gasteiger partial charge in [0.05, 0.1) is 6.61 Å². The zero-order chi connectivity index (χ0) is 19.8. The molecule has 0 saturated heterocycles. The minimum atomic E-state index is -1.22.